The van der Waals surface area contributed by atoms with Crippen LogP contribution < -0.4 is 4.74 Å². The lowest BCUT2D eigenvalue weighted by Gasteiger charge is -2.34. The van der Waals surface area contributed by atoms with Crippen molar-refractivity contribution < 1.29 is 9.15 Å². The van der Waals surface area contributed by atoms with E-state index in [1.807, 2.05) is 18.2 Å². The third-order valence-corrected chi connectivity index (χ3v) is 8.56. The summed E-state index contributed by atoms with van der Waals surface area (Å²) in [5.41, 5.74) is 11.3. The summed E-state index contributed by atoms with van der Waals surface area (Å²) >= 11 is 0. The first-order valence-corrected chi connectivity index (χ1v) is 14.1. The molecule has 6 aromatic carbocycles. The van der Waals surface area contributed by atoms with Crippen LogP contribution in [0.2, 0.25) is 0 Å². The molecule has 1 aromatic heterocycles. The molecule has 0 saturated carbocycles. The van der Waals surface area contributed by atoms with Crippen molar-refractivity contribution in [3.8, 4) is 44.9 Å². The summed E-state index contributed by atoms with van der Waals surface area (Å²) in [6.45, 7) is 4.54. The van der Waals surface area contributed by atoms with Crippen LogP contribution in [0.15, 0.2) is 138 Å². The lowest BCUT2D eigenvalue weighted by Crippen LogP contribution is -2.24. The maximum Gasteiger partial charge on any atom is 0.135 e. The van der Waals surface area contributed by atoms with E-state index in [-0.39, 0.29) is 5.41 Å². The smallest absolute Gasteiger partial charge is 0.135 e. The number of hydrogen-bond donors (Lipinski definition) is 0. The first kappa shape index (κ1) is 23.8. The minimum atomic E-state index is -0.110. The highest BCUT2D eigenvalue weighted by molar-refractivity contribution is 6.06. The molecule has 0 spiro atoms. The van der Waals surface area contributed by atoms with E-state index in [9.17, 15) is 0 Å². The second-order valence-electron chi connectivity index (χ2n) is 11.4. The summed E-state index contributed by atoms with van der Waals surface area (Å²) in [5.74, 6) is 1.87. The highest BCUT2D eigenvalue weighted by Crippen LogP contribution is 2.48. The van der Waals surface area contributed by atoms with Crippen molar-refractivity contribution in [3.63, 3.8) is 0 Å². The Bertz CT molecular complexity index is 2090. The standard InChI is InChI=1S/C39H28O2/c1-39(2)33-11-4-6-13-37(33)41-38-24-30(18-20-34(38)39)28-9-7-8-27(22-28)25-14-16-26(17-15-25)29-19-21-36-32(23-29)31-10-3-5-12-35(31)40-36/h3-24H,1-2H3. The Labute approximate surface area is 239 Å². The van der Waals surface area contributed by atoms with Crippen LogP contribution >= 0.6 is 0 Å². The third kappa shape index (κ3) is 3.87. The van der Waals surface area contributed by atoms with Crippen LogP contribution in [0, 0.1) is 0 Å². The largest absolute Gasteiger partial charge is 0.457 e. The predicted octanol–water partition coefficient (Wildman–Crippen LogP) is 11.0. The van der Waals surface area contributed by atoms with Gasteiger partial charge in [-0.3, -0.25) is 0 Å². The molecule has 1 aliphatic rings. The van der Waals surface area contributed by atoms with Crippen molar-refractivity contribution in [2.75, 3.05) is 0 Å². The minimum Gasteiger partial charge on any atom is -0.457 e. The minimum absolute atomic E-state index is 0.110. The van der Waals surface area contributed by atoms with Gasteiger partial charge in [0, 0.05) is 27.3 Å². The Balaban J connectivity index is 1.11. The molecule has 8 rings (SSSR count). The van der Waals surface area contributed by atoms with Gasteiger partial charge in [0.2, 0.25) is 0 Å². The Morgan fingerprint density at radius 2 is 1.00 bits per heavy atom. The molecule has 0 atom stereocenters. The van der Waals surface area contributed by atoms with Gasteiger partial charge < -0.3 is 9.15 Å². The Kier molecular flexibility index (Phi) is 5.20. The van der Waals surface area contributed by atoms with Crippen LogP contribution in [0.3, 0.4) is 0 Å². The highest BCUT2D eigenvalue weighted by atomic mass is 16.5. The molecule has 0 radical (unpaired) electrons. The monoisotopic (exact) mass is 528 g/mol. The molecular weight excluding hydrogens is 500 g/mol. The van der Waals surface area contributed by atoms with Gasteiger partial charge in [-0.05, 0) is 69.8 Å². The second-order valence-corrected chi connectivity index (χ2v) is 11.4. The van der Waals surface area contributed by atoms with E-state index in [2.05, 4.69) is 129 Å². The fourth-order valence-corrected chi connectivity index (χ4v) is 6.28. The molecule has 1 aliphatic heterocycles. The van der Waals surface area contributed by atoms with Gasteiger partial charge in [0.25, 0.3) is 0 Å². The van der Waals surface area contributed by atoms with Gasteiger partial charge in [-0.15, -0.1) is 0 Å². The molecule has 2 heteroatoms. The fourth-order valence-electron chi connectivity index (χ4n) is 6.28. The molecule has 0 bridgehead atoms. The van der Waals surface area contributed by atoms with Crippen molar-refractivity contribution >= 4 is 21.9 Å². The maximum atomic E-state index is 6.38. The van der Waals surface area contributed by atoms with Crippen LogP contribution in [0.1, 0.15) is 25.0 Å². The molecule has 0 aliphatic carbocycles. The second kappa shape index (κ2) is 8.97. The highest BCUT2D eigenvalue weighted by Gasteiger charge is 2.34. The van der Waals surface area contributed by atoms with Crippen molar-refractivity contribution in [3.05, 3.63) is 145 Å². The van der Waals surface area contributed by atoms with Crippen LogP contribution in [-0.4, -0.2) is 0 Å². The van der Waals surface area contributed by atoms with Gasteiger partial charge in [-0.25, -0.2) is 0 Å². The molecule has 2 nitrogen and oxygen atoms in total. The molecular formula is C39H28O2. The molecule has 196 valence electrons. The van der Waals surface area contributed by atoms with Gasteiger partial charge in [-0.2, -0.15) is 0 Å². The van der Waals surface area contributed by atoms with Crippen molar-refractivity contribution in [2.45, 2.75) is 19.3 Å². The summed E-state index contributed by atoms with van der Waals surface area (Å²) in [5, 5.41) is 2.30. The van der Waals surface area contributed by atoms with Crippen molar-refractivity contribution in [1.82, 2.24) is 0 Å². The molecule has 0 unspecified atom stereocenters. The zero-order chi connectivity index (χ0) is 27.6. The zero-order valence-electron chi connectivity index (χ0n) is 23.0. The lowest BCUT2D eigenvalue weighted by molar-refractivity contribution is 0.418. The molecule has 0 fully saturated rings. The van der Waals surface area contributed by atoms with Crippen LogP contribution in [0.25, 0.3) is 55.3 Å². The van der Waals surface area contributed by atoms with Gasteiger partial charge in [-0.1, -0.05) is 111 Å². The van der Waals surface area contributed by atoms with E-state index in [0.29, 0.717) is 0 Å². The average molecular weight is 529 g/mol. The molecule has 0 amide bonds. The van der Waals surface area contributed by atoms with Gasteiger partial charge in [0.15, 0.2) is 0 Å². The zero-order valence-corrected chi connectivity index (χ0v) is 23.0. The summed E-state index contributed by atoms with van der Waals surface area (Å²) in [4.78, 5) is 0. The van der Waals surface area contributed by atoms with E-state index in [1.54, 1.807) is 0 Å². The molecule has 41 heavy (non-hydrogen) atoms. The number of hydrogen-bond acceptors (Lipinski definition) is 2. The predicted molar refractivity (Wildman–Crippen MR) is 169 cm³/mol. The van der Waals surface area contributed by atoms with Gasteiger partial charge in [0.1, 0.15) is 22.7 Å². The number of furan rings is 1. The number of benzene rings is 6. The molecule has 0 saturated heterocycles. The van der Waals surface area contributed by atoms with Crippen molar-refractivity contribution in [2.24, 2.45) is 0 Å². The Morgan fingerprint density at radius 1 is 0.415 bits per heavy atom. The summed E-state index contributed by atoms with van der Waals surface area (Å²) in [7, 11) is 0. The van der Waals surface area contributed by atoms with E-state index in [0.717, 1.165) is 39.0 Å². The summed E-state index contributed by atoms with van der Waals surface area (Å²) in [6.07, 6.45) is 0. The third-order valence-electron chi connectivity index (χ3n) is 8.56. The topological polar surface area (TPSA) is 22.4 Å². The van der Waals surface area contributed by atoms with Crippen LogP contribution in [0.5, 0.6) is 11.5 Å². The number of fused-ring (bicyclic) bond motifs is 5. The SMILES string of the molecule is CC1(C)c2ccccc2Oc2cc(-c3cccc(-c4ccc(-c5ccc6oc7ccccc7c6c5)cc4)c3)ccc21. The van der Waals surface area contributed by atoms with E-state index in [1.165, 1.54) is 38.9 Å². The van der Waals surface area contributed by atoms with E-state index in [4.69, 9.17) is 9.15 Å². The van der Waals surface area contributed by atoms with Gasteiger partial charge >= 0.3 is 0 Å². The van der Waals surface area contributed by atoms with Gasteiger partial charge in [0.05, 0.1) is 0 Å². The first-order chi connectivity index (χ1) is 20.0. The normalized spacial score (nSPS) is 13.5. The Morgan fingerprint density at radius 3 is 1.83 bits per heavy atom. The molecule has 7 aromatic rings. The lowest BCUT2D eigenvalue weighted by atomic mass is 9.75. The quantitative estimate of drug-likeness (QED) is 0.228. The number of ether oxygens (including phenoxy) is 1. The summed E-state index contributed by atoms with van der Waals surface area (Å²) < 4.78 is 12.4. The maximum absolute atomic E-state index is 6.38. The molecule has 0 N–H and O–H groups in total. The fraction of sp³-hybridized carbons (Fsp3) is 0.0769. The summed E-state index contributed by atoms with van der Waals surface area (Å²) in [6, 6.07) is 47.2. The number of para-hydroxylation sites is 2. The van der Waals surface area contributed by atoms with E-state index < -0.39 is 0 Å². The van der Waals surface area contributed by atoms with E-state index >= 15 is 0 Å². The van der Waals surface area contributed by atoms with Crippen molar-refractivity contribution in [1.29, 1.82) is 0 Å². The Hall–Kier alpha value is -5.08. The average Bonchev–Trinajstić information content (AvgIpc) is 3.39. The van der Waals surface area contributed by atoms with Crippen LogP contribution in [0.4, 0.5) is 0 Å². The van der Waals surface area contributed by atoms with Crippen LogP contribution in [-0.2, 0) is 5.41 Å². The molecule has 2 heterocycles. The number of rotatable bonds is 3. The first-order valence-electron chi connectivity index (χ1n) is 14.1.